The average molecular weight is 311 g/mol. The first-order valence-electron chi connectivity index (χ1n) is 6.47. The van der Waals surface area contributed by atoms with Gasteiger partial charge in [-0.3, -0.25) is 0 Å². The molecule has 0 saturated carbocycles. The molecule has 21 heavy (non-hydrogen) atoms. The summed E-state index contributed by atoms with van der Waals surface area (Å²) in [6.45, 7) is 3.85. The number of nitrogen functional groups attached to an aromatic ring is 1. The van der Waals surface area contributed by atoms with Crippen molar-refractivity contribution in [3.8, 4) is 0 Å². The highest BCUT2D eigenvalue weighted by Gasteiger charge is 2.16. The number of carbonyl (C=O) groups excluding carboxylic acids is 1. The Morgan fingerprint density at radius 2 is 2.14 bits per heavy atom. The summed E-state index contributed by atoms with van der Waals surface area (Å²) in [5.41, 5.74) is 7.13. The van der Waals surface area contributed by atoms with Crippen molar-refractivity contribution >= 4 is 23.3 Å². The van der Waals surface area contributed by atoms with Crippen LogP contribution in [0.4, 0.5) is 10.1 Å². The molecule has 0 aliphatic heterocycles. The van der Waals surface area contributed by atoms with Gasteiger partial charge in [0.15, 0.2) is 0 Å². The fourth-order valence-electron chi connectivity index (χ4n) is 1.95. The summed E-state index contributed by atoms with van der Waals surface area (Å²) in [7, 11) is 0. The number of aromatic nitrogens is 1. The highest BCUT2D eigenvalue weighted by molar-refractivity contribution is 6.31. The number of nitrogens with two attached hydrogens (primary N) is 1. The third kappa shape index (κ3) is 3.55. The van der Waals surface area contributed by atoms with Crippen molar-refractivity contribution in [2.24, 2.45) is 0 Å². The second-order valence-corrected chi connectivity index (χ2v) is 5.38. The van der Waals surface area contributed by atoms with Gasteiger partial charge in [0.1, 0.15) is 18.1 Å². The first-order valence-corrected chi connectivity index (χ1v) is 6.84. The van der Waals surface area contributed by atoms with Gasteiger partial charge in [-0.05, 0) is 32.0 Å². The van der Waals surface area contributed by atoms with Gasteiger partial charge in [-0.25, -0.2) is 9.18 Å². The van der Waals surface area contributed by atoms with Gasteiger partial charge >= 0.3 is 5.97 Å². The first-order chi connectivity index (χ1) is 9.88. The smallest absolute Gasteiger partial charge is 0.355 e. The SMILES string of the molecule is CC(C)n1cc(N)cc1C(=O)OCc1ccc(F)cc1Cl. The Balaban J connectivity index is 2.12. The Bertz CT molecular complexity index is 668. The molecule has 112 valence electrons. The summed E-state index contributed by atoms with van der Waals surface area (Å²) in [6.07, 6.45) is 1.69. The van der Waals surface area contributed by atoms with Crippen LogP contribution in [-0.2, 0) is 11.3 Å². The van der Waals surface area contributed by atoms with Gasteiger partial charge in [-0.2, -0.15) is 0 Å². The van der Waals surface area contributed by atoms with Crippen LogP contribution in [0, 0.1) is 5.82 Å². The molecule has 2 N–H and O–H groups in total. The molecule has 1 heterocycles. The Morgan fingerprint density at radius 1 is 1.43 bits per heavy atom. The summed E-state index contributed by atoms with van der Waals surface area (Å²) < 4.78 is 19.9. The molecule has 2 aromatic rings. The first kappa shape index (κ1) is 15.4. The maximum absolute atomic E-state index is 12.9. The van der Waals surface area contributed by atoms with Crippen molar-refractivity contribution in [2.45, 2.75) is 26.5 Å². The predicted molar refractivity (Wildman–Crippen MR) is 79.8 cm³/mol. The number of ether oxygens (including phenoxy) is 1. The molecular weight excluding hydrogens is 295 g/mol. The van der Waals surface area contributed by atoms with Crippen molar-refractivity contribution in [1.82, 2.24) is 4.57 Å². The molecule has 0 bridgehead atoms. The summed E-state index contributed by atoms with van der Waals surface area (Å²) in [4.78, 5) is 12.1. The Hall–Kier alpha value is -2.01. The minimum Gasteiger partial charge on any atom is -0.456 e. The molecule has 0 fully saturated rings. The molecule has 0 aliphatic rings. The number of carbonyl (C=O) groups is 1. The molecule has 4 nitrogen and oxygen atoms in total. The topological polar surface area (TPSA) is 57.2 Å². The van der Waals surface area contributed by atoms with Gasteiger partial charge in [0.2, 0.25) is 0 Å². The van der Waals surface area contributed by atoms with Crippen LogP contribution in [0.15, 0.2) is 30.5 Å². The highest BCUT2D eigenvalue weighted by atomic mass is 35.5. The molecule has 0 saturated heterocycles. The standard InChI is InChI=1S/C15H16ClFN2O2/c1-9(2)19-7-12(18)6-14(19)15(20)21-8-10-3-4-11(17)5-13(10)16/h3-7,9H,8,18H2,1-2H3. The highest BCUT2D eigenvalue weighted by Crippen LogP contribution is 2.20. The van der Waals surface area contributed by atoms with E-state index in [0.717, 1.165) is 0 Å². The normalized spacial score (nSPS) is 10.9. The lowest BCUT2D eigenvalue weighted by molar-refractivity contribution is 0.0458. The van der Waals surface area contributed by atoms with Gasteiger partial charge in [0, 0.05) is 17.8 Å². The van der Waals surface area contributed by atoms with E-state index in [9.17, 15) is 9.18 Å². The van der Waals surface area contributed by atoms with Crippen molar-refractivity contribution in [3.05, 3.63) is 52.6 Å². The van der Waals surface area contributed by atoms with Crippen molar-refractivity contribution < 1.29 is 13.9 Å². The van der Waals surface area contributed by atoms with E-state index < -0.39 is 11.8 Å². The largest absolute Gasteiger partial charge is 0.456 e. The molecule has 6 heteroatoms. The van der Waals surface area contributed by atoms with Gasteiger partial charge in [-0.1, -0.05) is 17.7 Å². The van der Waals surface area contributed by atoms with Crippen molar-refractivity contribution in [3.63, 3.8) is 0 Å². The minimum atomic E-state index is -0.499. The zero-order valence-electron chi connectivity index (χ0n) is 11.8. The lowest BCUT2D eigenvalue weighted by atomic mass is 10.2. The van der Waals surface area contributed by atoms with Crippen LogP contribution >= 0.6 is 11.6 Å². The fraction of sp³-hybridized carbons (Fsp3) is 0.267. The lowest BCUT2D eigenvalue weighted by Crippen LogP contribution is -2.13. The van der Waals surface area contributed by atoms with Crippen LogP contribution in [-0.4, -0.2) is 10.5 Å². The second-order valence-electron chi connectivity index (χ2n) is 4.97. The number of anilines is 1. The number of esters is 1. The zero-order chi connectivity index (χ0) is 15.6. The van der Waals surface area contributed by atoms with Crippen LogP contribution in [0.2, 0.25) is 5.02 Å². The van der Waals surface area contributed by atoms with Crippen LogP contribution in [0.3, 0.4) is 0 Å². The van der Waals surface area contributed by atoms with Crippen LogP contribution in [0.5, 0.6) is 0 Å². The number of hydrogen-bond acceptors (Lipinski definition) is 3. The van der Waals surface area contributed by atoms with E-state index in [-0.39, 0.29) is 17.7 Å². The van der Waals surface area contributed by atoms with E-state index in [1.54, 1.807) is 16.8 Å². The maximum Gasteiger partial charge on any atom is 0.355 e. The molecule has 0 radical (unpaired) electrons. The van der Waals surface area contributed by atoms with Gasteiger partial charge in [0.05, 0.1) is 10.7 Å². The molecule has 2 rings (SSSR count). The molecule has 1 aromatic carbocycles. The van der Waals surface area contributed by atoms with E-state index in [2.05, 4.69) is 0 Å². The molecular formula is C15H16ClFN2O2. The Morgan fingerprint density at radius 3 is 2.76 bits per heavy atom. The number of benzene rings is 1. The maximum atomic E-state index is 12.9. The molecule has 0 amide bonds. The quantitative estimate of drug-likeness (QED) is 0.874. The van der Waals surface area contributed by atoms with E-state index >= 15 is 0 Å². The number of halogens is 2. The van der Waals surface area contributed by atoms with Crippen molar-refractivity contribution in [1.29, 1.82) is 0 Å². The van der Waals surface area contributed by atoms with E-state index in [4.69, 9.17) is 22.1 Å². The number of rotatable bonds is 4. The molecule has 0 atom stereocenters. The van der Waals surface area contributed by atoms with Crippen LogP contribution in [0.1, 0.15) is 35.9 Å². The van der Waals surface area contributed by atoms with E-state index in [1.165, 1.54) is 18.2 Å². The fourth-order valence-corrected chi connectivity index (χ4v) is 2.17. The third-order valence-electron chi connectivity index (χ3n) is 3.01. The van der Waals surface area contributed by atoms with Gasteiger partial charge in [0.25, 0.3) is 0 Å². The summed E-state index contributed by atoms with van der Waals surface area (Å²) in [5.74, 6) is -0.933. The minimum absolute atomic E-state index is 0.0267. The van der Waals surface area contributed by atoms with E-state index in [1.807, 2.05) is 13.8 Å². The average Bonchev–Trinajstić information content (AvgIpc) is 2.80. The second kappa shape index (κ2) is 6.18. The zero-order valence-corrected chi connectivity index (χ0v) is 12.5. The van der Waals surface area contributed by atoms with E-state index in [0.29, 0.717) is 16.9 Å². The molecule has 0 unspecified atom stereocenters. The lowest BCUT2D eigenvalue weighted by Gasteiger charge is -2.12. The Kier molecular flexibility index (Phi) is 4.53. The summed E-state index contributed by atoms with van der Waals surface area (Å²) >= 11 is 5.89. The van der Waals surface area contributed by atoms with Crippen molar-refractivity contribution in [2.75, 3.05) is 5.73 Å². The third-order valence-corrected chi connectivity index (χ3v) is 3.36. The van der Waals surface area contributed by atoms with Crippen LogP contribution in [0.25, 0.3) is 0 Å². The molecule has 1 aromatic heterocycles. The number of hydrogen-bond donors (Lipinski definition) is 1. The van der Waals surface area contributed by atoms with Crippen LogP contribution < -0.4 is 5.73 Å². The van der Waals surface area contributed by atoms with Gasteiger partial charge in [-0.15, -0.1) is 0 Å². The Labute approximate surface area is 127 Å². The summed E-state index contributed by atoms with van der Waals surface area (Å²) in [5, 5.41) is 0.224. The molecule has 0 aliphatic carbocycles. The number of nitrogens with zero attached hydrogens (tertiary/aromatic N) is 1. The van der Waals surface area contributed by atoms with Gasteiger partial charge < -0.3 is 15.0 Å². The predicted octanol–water partition coefficient (Wildman–Crippen LogP) is 3.80. The summed E-state index contributed by atoms with van der Waals surface area (Å²) in [6, 6.07) is 5.58. The molecule has 0 spiro atoms. The monoisotopic (exact) mass is 310 g/mol.